The van der Waals surface area contributed by atoms with Crippen molar-refractivity contribution in [2.75, 3.05) is 0 Å². The Morgan fingerprint density at radius 1 is 1.21 bits per heavy atom. The van der Waals surface area contributed by atoms with Crippen LogP contribution in [0.5, 0.6) is 0 Å². The molecule has 5 heteroatoms. The van der Waals surface area contributed by atoms with Crippen molar-refractivity contribution in [1.29, 1.82) is 0 Å². The maximum Gasteiger partial charge on any atom is 0.106 e. The highest BCUT2D eigenvalue weighted by Crippen LogP contribution is 2.03. The molecule has 1 aromatic heterocycles. The van der Waals surface area contributed by atoms with E-state index in [4.69, 9.17) is 1.37 Å². The SMILES string of the molecule is [2H]c1c([Si](C)(C)C)nn(O)c1[Si](C)(C)C. The summed E-state index contributed by atoms with van der Waals surface area (Å²) in [6, 6.07) is 0.468. The number of nitrogens with zero attached hydrogens (tertiary/aromatic N) is 2. The molecule has 0 saturated heterocycles. The van der Waals surface area contributed by atoms with E-state index in [-0.39, 0.29) is 0 Å². The minimum atomic E-state index is -1.70. The minimum absolute atomic E-state index is 0.468. The van der Waals surface area contributed by atoms with Crippen LogP contribution in [0.15, 0.2) is 6.04 Å². The lowest BCUT2D eigenvalue weighted by Crippen LogP contribution is -2.43. The van der Waals surface area contributed by atoms with Crippen molar-refractivity contribution in [3.8, 4) is 0 Å². The van der Waals surface area contributed by atoms with Crippen molar-refractivity contribution < 1.29 is 6.58 Å². The Bertz CT molecular complexity index is 377. The largest absolute Gasteiger partial charge is 0.412 e. The summed E-state index contributed by atoms with van der Waals surface area (Å²) in [4.78, 5) is 0.947. The third-order valence-corrected chi connectivity index (χ3v) is 5.44. The summed E-state index contributed by atoms with van der Waals surface area (Å²) in [6.45, 7) is 12.8. The topological polar surface area (TPSA) is 38.0 Å². The van der Waals surface area contributed by atoms with Crippen molar-refractivity contribution in [2.45, 2.75) is 39.3 Å². The van der Waals surface area contributed by atoms with E-state index in [1.54, 1.807) is 0 Å². The van der Waals surface area contributed by atoms with E-state index in [9.17, 15) is 5.21 Å². The number of aromatic nitrogens is 2. The molecule has 0 amide bonds. The molecule has 80 valence electrons. The molecule has 0 saturated carbocycles. The van der Waals surface area contributed by atoms with Gasteiger partial charge in [-0.15, -0.1) is 9.94 Å². The zero-order chi connectivity index (χ0) is 12.0. The molecule has 0 unspecified atom stereocenters. The van der Waals surface area contributed by atoms with Crippen LogP contribution in [-0.2, 0) is 0 Å². The van der Waals surface area contributed by atoms with Crippen LogP contribution in [0.1, 0.15) is 1.37 Å². The smallest absolute Gasteiger partial charge is 0.106 e. The van der Waals surface area contributed by atoms with Gasteiger partial charge < -0.3 is 5.21 Å². The van der Waals surface area contributed by atoms with Gasteiger partial charge in [-0.1, -0.05) is 39.3 Å². The quantitative estimate of drug-likeness (QED) is 0.611. The lowest BCUT2D eigenvalue weighted by atomic mass is 10.7. The molecule has 14 heavy (non-hydrogen) atoms. The van der Waals surface area contributed by atoms with Crippen LogP contribution in [-0.4, -0.2) is 31.3 Å². The summed E-state index contributed by atoms with van der Waals surface area (Å²) in [7, 11) is -3.32. The molecule has 0 radical (unpaired) electrons. The third-order valence-electron chi connectivity index (χ3n) is 2.05. The molecule has 0 aromatic carbocycles. The first-order chi connectivity index (χ1) is 6.55. The molecule has 0 spiro atoms. The molecule has 1 rings (SSSR count). The van der Waals surface area contributed by atoms with Gasteiger partial charge in [-0.25, -0.2) is 0 Å². The van der Waals surface area contributed by atoms with Crippen molar-refractivity contribution in [1.82, 2.24) is 9.94 Å². The first kappa shape index (κ1) is 9.98. The monoisotopic (exact) mass is 229 g/mol. The molecule has 1 aromatic rings. The standard InChI is InChI=1S/C9H20N2OSi2/c1-13(2,3)8-7-9(11(12)10-8)14(4,5)6/h7,12H,1-6H3/i7D. The summed E-state index contributed by atoms with van der Waals surface area (Å²) >= 11 is 0. The Morgan fingerprint density at radius 3 is 1.93 bits per heavy atom. The van der Waals surface area contributed by atoms with Gasteiger partial charge in [0.25, 0.3) is 0 Å². The maximum atomic E-state index is 9.75. The van der Waals surface area contributed by atoms with Crippen molar-refractivity contribution >= 4 is 26.8 Å². The fourth-order valence-electron chi connectivity index (χ4n) is 1.16. The summed E-state index contributed by atoms with van der Waals surface area (Å²) in [6.07, 6.45) is 0. The van der Waals surface area contributed by atoms with Gasteiger partial charge in [0.05, 0.1) is 6.69 Å². The van der Waals surface area contributed by atoms with E-state index in [0.717, 1.165) is 15.5 Å². The average molecular weight is 229 g/mol. The van der Waals surface area contributed by atoms with Crippen LogP contribution in [0, 0.1) is 0 Å². The molecule has 0 aliphatic heterocycles. The van der Waals surface area contributed by atoms with Gasteiger partial charge in [-0.2, -0.15) is 0 Å². The summed E-state index contributed by atoms with van der Waals surface area (Å²) in [5, 5.41) is 15.4. The Balaban J connectivity index is 3.41. The Kier molecular flexibility index (Phi) is 2.31. The van der Waals surface area contributed by atoms with E-state index < -0.39 is 16.1 Å². The second-order valence-electron chi connectivity index (χ2n) is 5.71. The molecule has 0 aliphatic rings. The molecule has 0 fully saturated rings. The number of hydrogen-bond acceptors (Lipinski definition) is 2. The molecule has 1 heterocycles. The van der Waals surface area contributed by atoms with Gasteiger partial charge in [0.1, 0.15) is 16.1 Å². The zero-order valence-corrected chi connectivity index (χ0v) is 11.8. The highest BCUT2D eigenvalue weighted by molar-refractivity contribution is 6.91. The molecular weight excluding hydrogens is 208 g/mol. The molecule has 3 nitrogen and oxygen atoms in total. The maximum absolute atomic E-state index is 9.75. The lowest BCUT2D eigenvalue weighted by molar-refractivity contribution is 0.158. The van der Waals surface area contributed by atoms with E-state index in [0.29, 0.717) is 6.04 Å². The van der Waals surface area contributed by atoms with E-state index >= 15 is 0 Å². The molecule has 0 aliphatic carbocycles. The Hall–Kier alpha value is -0.556. The van der Waals surface area contributed by atoms with Crippen LogP contribution < -0.4 is 10.6 Å². The van der Waals surface area contributed by atoms with Gasteiger partial charge in [-0.05, 0) is 6.04 Å². The molecule has 0 atom stereocenters. The van der Waals surface area contributed by atoms with E-state index in [2.05, 4.69) is 44.4 Å². The number of rotatable bonds is 2. The molecule has 0 bridgehead atoms. The van der Waals surface area contributed by atoms with Gasteiger partial charge >= 0.3 is 0 Å². The van der Waals surface area contributed by atoms with Gasteiger partial charge in [0, 0.05) is 5.32 Å². The van der Waals surface area contributed by atoms with Crippen LogP contribution in [0.2, 0.25) is 39.3 Å². The lowest BCUT2D eigenvalue weighted by Gasteiger charge is -2.14. The van der Waals surface area contributed by atoms with Gasteiger partial charge in [-0.3, -0.25) is 0 Å². The van der Waals surface area contributed by atoms with Crippen LogP contribution in [0.25, 0.3) is 0 Å². The van der Waals surface area contributed by atoms with Crippen LogP contribution >= 0.6 is 0 Å². The zero-order valence-electron chi connectivity index (χ0n) is 10.8. The highest BCUT2D eigenvalue weighted by Gasteiger charge is 2.27. The van der Waals surface area contributed by atoms with Crippen LogP contribution in [0.4, 0.5) is 0 Å². The second kappa shape index (κ2) is 3.24. The van der Waals surface area contributed by atoms with E-state index in [1.807, 2.05) is 0 Å². The minimum Gasteiger partial charge on any atom is -0.412 e. The van der Waals surface area contributed by atoms with Gasteiger partial charge in [0.15, 0.2) is 0 Å². The summed E-state index contributed by atoms with van der Waals surface area (Å²) < 4.78 is 8.10. The summed E-state index contributed by atoms with van der Waals surface area (Å²) in [5.41, 5.74) is 0. The molecule has 1 N–H and O–H groups in total. The Morgan fingerprint density at radius 2 is 1.71 bits per heavy atom. The fourth-order valence-corrected chi connectivity index (χ4v) is 3.31. The summed E-state index contributed by atoms with van der Waals surface area (Å²) in [5.74, 6) is 0. The average Bonchev–Trinajstić information content (AvgIpc) is 2.22. The first-order valence-electron chi connectivity index (χ1n) is 5.35. The predicted octanol–water partition coefficient (Wildman–Crippen LogP) is 1.21. The van der Waals surface area contributed by atoms with E-state index in [1.165, 1.54) is 0 Å². The first-order valence-corrected chi connectivity index (χ1v) is 11.8. The van der Waals surface area contributed by atoms with Crippen molar-refractivity contribution in [3.05, 3.63) is 6.04 Å². The fraction of sp³-hybridized carbons (Fsp3) is 0.667. The van der Waals surface area contributed by atoms with Crippen molar-refractivity contribution in [3.63, 3.8) is 0 Å². The van der Waals surface area contributed by atoms with Crippen molar-refractivity contribution in [2.24, 2.45) is 0 Å². The second-order valence-corrected chi connectivity index (χ2v) is 15.7. The Labute approximate surface area is 89.1 Å². The molecular formula is C9H20N2OSi2. The predicted molar refractivity (Wildman–Crippen MR) is 65.4 cm³/mol. The highest BCUT2D eigenvalue weighted by atomic mass is 28.3. The van der Waals surface area contributed by atoms with Crippen LogP contribution in [0.3, 0.4) is 0 Å². The van der Waals surface area contributed by atoms with Gasteiger partial charge in [0.2, 0.25) is 0 Å². The number of hydrogen-bond donors (Lipinski definition) is 1. The third kappa shape index (κ3) is 2.27. The normalized spacial score (nSPS) is 14.3.